The molecular weight excluding hydrogens is 221 g/mol. The molecule has 1 saturated heterocycles. The summed E-state index contributed by atoms with van der Waals surface area (Å²) >= 11 is 0. The van der Waals surface area contributed by atoms with E-state index in [0.29, 0.717) is 31.1 Å². The Hall–Kier alpha value is -1.42. The van der Waals surface area contributed by atoms with Crippen molar-refractivity contribution in [1.29, 1.82) is 0 Å². The van der Waals surface area contributed by atoms with Crippen molar-refractivity contribution in [2.45, 2.75) is 19.3 Å². The summed E-state index contributed by atoms with van der Waals surface area (Å²) in [4.78, 5) is 12.0. The zero-order valence-corrected chi connectivity index (χ0v) is 9.62. The van der Waals surface area contributed by atoms with E-state index in [2.05, 4.69) is 0 Å². The third-order valence-electron chi connectivity index (χ3n) is 3.17. The summed E-state index contributed by atoms with van der Waals surface area (Å²) in [6.45, 7) is 1.41. The van der Waals surface area contributed by atoms with Gasteiger partial charge in [-0.1, -0.05) is 6.07 Å². The van der Waals surface area contributed by atoms with Gasteiger partial charge in [0.15, 0.2) is 5.78 Å². The quantitative estimate of drug-likeness (QED) is 0.648. The van der Waals surface area contributed by atoms with Crippen molar-refractivity contribution in [3.63, 3.8) is 0 Å². The van der Waals surface area contributed by atoms with Gasteiger partial charge in [0.1, 0.15) is 5.82 Å². The van der Waals surface area contributed by atoms with Gasteiger partial charge in [0.25, 0.3) is 0 Å². The highest BCUT2D eigenvalue weighted by atomic mass is 19.1. The number of carbonyl (C=O) groups excluding carboxylic acids is 1. The fourth-order valence-corrected chi connectivity index (χ4v) is 2.10. The molecule has 3 nitrogen and oxygen atoms in total. The summed E-state index contributed by atoms with van der Waals surface area (Å²) in [5.41, 5.74) is 5.83. The van der Waals surface area contributed by atoms with Crippen molar-refractivity contribution < 1.29 is 13.9 Å². The molecule has 0 radical (unpaired) electrons. The molecule has 0 amide bonds. The molecule has 0 aliphatic carbocycles. The summed E-state index contributed by atoms with van der Waals surface area (Å²) in [7, 11) is 0. The van der Waals surface area contributed by atoms with Crippen molar-refractivity contribution in [1.82, 2.24) is 0 Å². The first-order valence-corrected chi connectivity index (χ1v) is 5.83. The molecule has 4 heteroatoms. The highest BCUT2D eigenvalue weighted by Gasteiger charge is 2.20. The van der Waals surface area contributed by atoms with Gasteiger partial charge in [0.05, 0.1) is 5.69 Å². The normalized spacial score (nSPS) is 17.0. The molecule has 1 fully saturated rings. The number of nitrogen functional groups attached to an aromatic ring is 1. The summed E-state index contributed by atoms with van der Waals surface area (Å²) in [5, 5.41) is 0. The first-order valence-electron chi connectivity index (χ1n) is 5.83. The molecule has 0 bridgehead atoms. The number of carbonyl (C=O) groups is 1. The molecule has 17 heavy (non-hydrogen) atoms. The van der Waals surface area contributed by atoms with E-state index in [1.807, 2.05) is 0 Å². The smallest absolute Gasteiger partial charge is 0.165 e. The number of rotatable bonds is 3. The maximum Gasteiger partial charge on any atom is 0.165 e. The Bertz CT molecular complexity index is 414. The van der Waals surface area contributed by atoms with Crippen LogP contribution in [-0.4, -0.2) is 19.0 Å². The Labute approximate surface area is 99.8 Å². The molecule has 1 heterocycles. The fraction of sp³-hybridized carbons (Fsp3) is 0.462. The largest absolute Gasteiger partial charge is 0.396 e. The Balaban J connectivity index is 2.06. The van der Waals surface area contributed by atoms with E-state index in [0.717, 1.165) is 12.8 Å². The molecule has 2 rings (SSSR count). The molecule has 2 N–H and O–H groups in total. The predicted octanol–water partition coefficient (Wildman–Crippen LogP) is 2.41. The summed E-state index contributed by atoms with van der Waals surface area (Å²) in [5.74, 6) is -0.268. The van der Waals surface area contributed by atoms with E-state index in [1.165, 1.54) is 12.1 Å². The molecule has 0 saturated carbocycles. The van der Waals surface area contributed by atoms with Crippen molar-refractivity contribution in [3.8, 4) is 0 Å². The zero-order valence-electron chi connectivity index (χ0n) is 9.62. The van der Waals surface area contributed by atoms with Gasteiger partial charge in [0.2, 0.25) is 0 Å². The number of Topliss-reactive ketones (excluding diaryl/α,β-unsaturated/α-hetero) is 1. The average Bonchev–Trinajstić information content (AvgIpc) is 2.34. The molecular formula is C13H16FNO2. The first-order chi connectivity index (χ1) is 8.18. The average molecular weight is 237 g/mol. The van der Waals surface area contributed by atoms with Crippen LogP contribution in [0, 0.1) is 11.7 Å². The summed E-state index contributed by atoms with van der Waals surface area (Å²) in [6, 6.07) is 4.36. The molecule has 1 aliphatic rings. The minimum atomic E-state index is -0.525. The van der Waals surface area contributed by atoms with Crippen LogP contribution in [-0.2, 0) is 4.74 Å². The third-order valence-corrected chi connectivity index (χ3v) is 3.17. The van der Waals surface area contributed by atoms with Crippen molar-refractivity contribution in [2.24, 2.45) is 5.92 Å². The number of nitrogens with two attached hydrogens (primary N) is 1. The number of halogens is 1. The third kappa shape index (κ3) is 2.82. The van der Waals surface area contributed by atoms with E-state index in [4.69, 9.17) is 10.5 Å². The minimum absolute atomic E-state index is 0.0374. The number of hydrogen-bond acceptors (Lipinski definition) is 3. The Morgan fingerprint density at radius 1 is 1.41 bits per heavy atom. The lowest BCUT2D eigenvalue weighted by Gasteiger charge is -2.21. The van der Waals surface area contributed by atoms with Crippen LogP contribution >= 0.6 is 0 Å². The van der Waals surface area contributed by atoms with Crippen LogP contribution in [0.25, 0.3) is 0 Å². The Morgan fingerprint density at radius 2 is 2.12 bits per heavy atom. The van der Waals surface area contributed by atoms with Gasteiger partial charge in [-0.25, -0.2) is 4.39 Å². The Morgan fingerprint density at radius 3 is 2.82 bits per heavy atom. The summed E-state index contributed by atoms with van der Waals surface area (Å²) in [6.07, 6.45) is 2.21. The van der Waals surface area contributed by atoms with Gasteiger partial charge < -0.3 is 10.5 Å². The second-order valence-corrected chi connectivity index (χ2v) is 4.38. The fourth-order valence-electron chi connectivity index (χ4n) is 2.10. The number of hydrogen-bond donors (Lipinski definition) is 1. The van der Waals surface area contributed by atoms with E-state index < -0.39 is 5.82 Å². The lowest BCUT2D eigenvalue weighted by Crippen LogP contribution is -2.19. The molecule has 92 valence electrons. The van der Waals surface area contributed by atoms with Gasteiger partial charge in [-0.3, -0.25) is 4.79 Å². The highest BCUT2D eigenvalue weighted by Crippen LogP contribution is 2.24. The number of para-hydroxylation sites is 1. The lowest BCUT2D eigenvalue weighted by atomic mass is 9.91. The van der Waals surface area contributed by atoms with Crippen molar-refractivity contribution in [3.05, 3.63) is 29.6 Å². The maximum atomic E-state index is 13.2. The number of ketones is 1. The standard InChI is InChI=1S/C13H16FNO2/c14-11-3-1-2-10(13(11)15)12(16)8-9-4-6-17-7-5-9/h1-3,9H,4-8,15H2. The molecule has 0 unspecified atom stereocenters. The van der Waals surface area contributed by atoms with E-state index in [-0.39, 0.29) is 11.5 Å². The number of benzene rings is 1. The molecule has 0 aromatic heterocycles. The number of anilines is 1. The predicted molar refractivity (Wildman–Crippen MR) is 63.3 cm³/mol. The summed E-state index contributed by atoms with van der Waals surface area (Å²) < 4.78 is 18.5. The molecule has 1 aromatic carbocycles. The van der Waals surface area contributed by atoms with Crippen molar-refractivity contribution in [2.75, 3.05) is 18.9 Å². The van der Waals surface area contributed by atoms with Crippen LogP contribution in [0.4, 0.5) is 10.1 Å². The van der Waals surface area contributed by atoms with E-state index in [9.17, 15) is 9.18 Å². The maximum absolute atomic E-state index is 13.2. The molecule has 0 spiro atoms. The van der Waals surface area contributed by atoms with Crippen LogP contribution in [0.15, 0.2) is 18.2 Å². The first kappa shape index (κ1) is 12.0. The minimum Gasteiger partial charge on any atom is -0.396 e. The van der Waals surface area contributed by atoms with E-state index >= 15 is 0 Å². The van der Waals surface area contributed by atoms with Crippen molar-refractivity contribution >= 4 is 11.5 Å². The topological polar surface area (TPSA) is 52.3 Å². The van der Waals surface area contributed by atoms with Gasteiger partial charge >= 0.3 is 0 Å². The lowest BCUT2D eigenvalue weighted by molar-refractivity contribution is 0.0601. The number of ether oxygens (including phenoxy) is 1. The van der Waals surface area contributed by atoms with Crippen LogP contribution in [0.3, 0.4) is 0 Å². The monoisotopic (exact) mass is 237 g/mol. The van der Waals surface area contributed by atoms with Crippen LogP contribution in [0.1, 0.15) is 29.6 Å². The zero-order chi connectivity index (χ0) is 12.3. The van der Waals surface area contributed by atoms with Gasteiger partial charge in [-0.15, -0.1) is 0 Å². The SMILES string of the molecule is Nc1c(F)cccc1C(=O)CC1CCOCC1. The van der Waals surface area contributed by atoms with Gasteiger partial charge in [0, 0.05) is 25.2 Å². The second kappa shape index (κ2) is 5.27. The van der Waals surface area contributed by atoms with E-state index in [1.54, 1.807) is 6.07 Å². The molecule has 0 atom stereocenters. The van der Waals surface area contributed by atoms with Crippen LogP contribution in [0.5, 0.6) is 0 Å². The second-order valence-electron chi connectivity index (χ2n) is 4.38. The highest BCUT2D eigenvalue weighted by molar-refractivity contribution is 6.00. The molecule has 1 aliphatic heterocycles. The van der Waals surface area contributed by atoms with Gasteiger partial charge in [-0.2, -0.15) is 0 Å². The van der Waals surface area contributed by atoms with Crippen LogP contribution < -0.4 is 5.73 Å². The molecule has 1 aromatic rings. The van der Waals surface area contributed by atoms with Crippen LogP contribution in [0.2, 0.25) is 0 Å². The van der Waals surface area contributed by atoms with Gasteiger partial charge in [-0.05, 0) is 30.9 Å². The Kier molecular flexibility index (Phi) is 3.74.